The Balaban J connectivity index is 1.21. The van der Waals surface area contributed by atoms with E-state index in [0.717, 1.165) is 156 Å². The minimum Gasteiger partial charge on any atom is -0.496 e. The Morgan fingerprint density at radius 1 is 0.638 bits per heavy atom. The second kappa shape index (κ2) is 25.2. The zero-order valence-corrected chi connectivity index (χ0v) is 45.4. The molecule has 3 aliphatic heterocycles. The zero-order valence-electron chi connectivity index (χ0n) is 42.1. The predicted molar refractivity (Wildman–Crippen MR) is 290 cm³/mol. The van der Waals surface area contributed by atoms with Crippen LogP contribution in [0.5, 0.6) is 34.5 Å². The molecule has 69 heavy (non-hydrogen) atoms. The van der Waals surface area contributed by atoms with Gasteiger partial charge in [0.1, 0.15) is 11.5 Å². The molecule has 0 fully saturated rings. The first-order chi connectivity index (χ1) is 33.5. The van der Waals surface area contributed by atoms with Crippen molar-refractivity contribution in [2.45, 2.75) is 156 Å². The molecule has 16 heteroatoms. The van der Waals surface area contributed by atoms with E-state index in [1.807, 2.05) is 0 Å². The number of thiophene rings is 3. The van der Waals surface area contributed by atoms with E-state index in [1.165, 1.54) is 22.7 Å². The summed E-state index contributed by atoms with van der Waals surface area (Å²) in [7, 11) is -1.66. The third kappa shape index (κ3) is 12.5. The Morgan fingerprint density at radius 3 is 1.65 bits per heavy atom. The molecule has 0 amide bonds. The van der Waals surface area contributed by atoms with Crippen molar-refractivity contribution in [2.75, 3.05) is 40.1 Å². The maximum absolute atomic E-state index is 10.6. The summed E-state index contributed by atoms with van der Waals surface area (Å²) >= 11 is 6.00. The lowest BCUT2D eigenvalue weighted by Gasteiger charge is -2.31. The fraction of sp³-hybridized carbons (Fsp3) is 0.623. The molecule has 0 radical (unpaired) electrons. The average Bonchev–Trinajstić information content (AvgIpc) is 4.15. The van der Waals surface area contributed by atoms with Gasteiger partial charge in [-0.3, -0.25) is 0 Å². The van der Waals surface area contributed by atoms with Crippen LogP contribution < -0.4 is 38.0 Å². The maximum atomic E-state index is 10.6. The van der Waals surface area contributed by atoms with Gasteiger partial charge in [-0.2, -0.15) is 0 Å². The number of methoxy groups -OCH3 is 1. The summed E-state index contributed by atoms with van der Waals surface area (Å²) in [4.78, 5) is 4.65. The van der Waals surface area contributed by atoms with Gasteiger partial charge in [-0.05, 0) is 68.7 Å². The number of hydrogen-bond donors (Lipinski definition) is 4. The Morgan fingerprint density at radius 2 is 1.14 bits per heavy atom. The van der Waals surface area contributed by atoms with E-state index in [-0.39, 0.29) is 16.1 Å². The van der Waals surface area contributed by atoms with E-state index in [4.69, 9.17) is 28.4 Å². The van der Waals surface area contributed by atoms with E-state index in [2.05, 4.69) is 71.9 Å². The summed E-state index contributed by atoms with van der Waals surface area (Å²) in [6, 6.07) is 8.46. The molecule has 1 aromatic carbocycles. The summed E-state index contributed by atoms with van der Waals surface area (Å²) in [6.45, 7) is 15.9. The van der Waals surface area contributed by atoms with Gasteiger partial charge in [0.2, 0.25) is 0 Å². The molecule has 2 atom stereocenters. The summed E-state index contributed by atoms with van der Waals surface area (Å²) in [5.74, 6) is 4.07. The average molecular weight is 1020 g/mol. The molecule has 0 bridgehead atoms. The minimum absolute atomic E-state index is 0.00321. The molecule has 10 nitrogen and oxygen atoms in total. The lowest BCUT2D eigenvalue weighted by Crippen LogP contribution is -2.35. The molecule has 3 aromatic heterocycles. The van der Waals surface area contributed by atoms with E-state index in [0.29, 0.717) is 71.5 Å². The van der Waals surface area contributed by atoms with Crippen molar-refractivity contribution in [2.24, 2.45) is 16.7 Å². The van der Waals surface area contributed by atoms with Gasteiger partial charge in [-0.15, -0.1) is 45.8 Å². The largest absolute Gasteiger partial charge is 0.503 e. The molecule has 0 spiro atoms. The lowest BCUT2D eigenvalue weighted by atomic mass is 9.79. The maximum Gasteiger partial charge on any atom is 0.503 e. The highest BCUT2D eigenvalue weighted by Crippen LogP contribution is 2.57. The molecule has 4 N–H and O–H groups in total. The van der Waals surface area contributed by atoms with Crippen LogP contribution in [0.4, 0.5) is 0 Å². The predicted octanol–water partition coefficient (Wildman–Crippen LogP) is 12.7. The van der Waals surface area contributed by atoms with Crippen molar-refractivity contribution in [3.05, 3.63) is 40.8 Å². The molecule has 6 heterocycles. The van der Waals surface area contributed by atoms with Crippen LogP contribution in [0.2, 0.25) is 0 Å². The van der Waals surface area contributed by atoms with Crippen LogP contribution >= 0.6 is 45.8 Å². The van der Waals surface area contributed by atoms with Crippen LogP contribution in [0.25, 0.3) is 25.1 Å². The third-order valence-electron chi connectivity index (χ3n) is 14.3. The van der Waals surface area contributed by atoms with Gasteiger partial charge in [0.05, 0.1) is 59.5 Å². The van der Waals surface area contributed by atoms with E-state index < -0.39 is 14.2 Å². The minimum atomic E-state index is -1.69. The van der Waals surface area contributed by atoms with Crippen LogP contribution in [0.15, 0.2) is 30.3 Å². The number of fused-ring (bicyclic) bond motifs is 2. The summed E-state index contributed by atoms with van der Waals surface area (Å²) in [5, 5.41) is 42.5. The first-order valence-electron chi connectivity index (χ1n) is 25.9. The molecular formula is C53H76B2O10S4. The molecular weight excluding hydrogens is 946 g/mol. The number of rotatable bonds is 26. The molecule has 4 aromatic rings. The van der Waals surface area contributed by atoms with Crippen LogP contribution in [0, 0.1) is 16.7 Å². The van der Waals surface area contributed by atoms with Gasteiger partial charge >= 0.3 is 14.2 Å². The monoisotopic (exact) mass is 1020 g/mol. The topological polar surface area (TPSA) is 136 Å². The highest BCUT2D eigenvalue weighted by molar-refractivity contribution is 8.09. The standard InChI is InChI=1S/C53H76B2O10S4/c1-8-14-19-35(13-6)30-61-39-29-36(40-20-22-42(66-40)48-44-46(50(68-48)54(56)57)64-33-52(31-62-44,24-15-9-2)25-16-10-3)38(60-7)28-37(39)41-21-23-43(67-41)49-45-47(51(69-49)55(58)59)65-34-53(32-63-45,26-17-11-4)27-18-12-5/h20,22-23,28-29,35,41,56-59H,8-19,21,24-27,30-34H2,1-7H3. The van der Waals surface area contributed by atoms with Crippen molar-refractivity contribution < 1.29 is 48.5 Å². The van der Waals surface area contributed by atoms with Crippen molar-refractivity contribution in [1.29, 1.82) is 0 Å². The van der Waals surface area contributed by atoms with Crippen LogP contribution in [-0.4, -0.2) is 74.5 Å². The number of ether oxygens (including phenoxy) is 6. The number of benzene rings is 1. The Labute approximate surface area is 428 Å². The normalized spacial score (nSPS) is 17.6. The molecule has 0 aliphatic carbocycles. The van der Waals surface area contributed by atoms with Gasteiger partial charge in [-0.1, -0.05) is 118 Å². The number of hydrogen-bond acceptors (Lipinski definition) is 14. The molecule has 3 aliphatic rings. The Kier molecular flexibility index (Phi) is 19.7. The molecule has 378 valence electrons. The van der Waals surface area contributed by atoms with Crippen molar-refractivity contribution >= 4 is 74.5 Å². The smallest absolute Gasteiger partial charge is 0.496 e. The van der Waals surface area contributed by atoms with E-state index in [1.54, 1.807) is 30.2 Å². The van der Waals surface area contributed by atoms with Gasteiger partial charge in [0.25, 0.3) is 0 Å². The van der Waals surface area contributed by atoms with Gasteiger partial charge in [0, 0.05) is 41.9 Å². The fourth-order valence-electron chi connectivity index (χ4n) is 9.88. The molecule has 2 unspecified atom stereocenters. The van der Waals surface area contributed by atoms with Crippen molar-refractivity contribution in [3.63, 3.8) is 0 Å². The van der Waals surface area contributed by atoms with E-state index >= 15 is 0 Å². The Bertz CT molecular complexity index is 2290. The molecule has 0 saturated heterocycles. The highest BCUT2D eigenvalue weighted by Gasteiger charge is 2.41. The first kappa shape index (κ1) is 54.0. The number of allylic oxidation sites excluding steroid dienone is 1. The van der Waals surface area contributed by atoms with Crippen molar-refractivity contribution in [1.82, 2.24) is 0 Å². The Hall–Kier alpha value is -2.82. The summed E-state index contributed by atoms with van der Waals surface area (Å²) in [6.07, 6.45) is 20.1. The second-order valence-electron chi connectivity index (χ2n) is 19.6. The van der Waals surface area contributed by atoms with Gasteiger partial charge < -0.3 is 48.5 Å². The SMILES string of the molecule is CCCCC(CC)COc1cc(-c2ccc(-c3sc(B(O)O)c4c3OCC(CCCC)(CCCC)CO4)s2)c(OC)cc1C1CC=C(c2sc(B(O)O)c3c2OCC(CCCC)(CCCC)CO3)S1. The number of thioether (sulfide) groups is 1. The fourth-order valence-corrected chi connectivity index (χ4v) is 14.5. The highest BCUT2D eigenvalue weighted by atomic mass is 32.2. The second-order valence-corrected chi connectivity index (χ2v) is 24.0. The molecule has 7 rings (SSSR count). The van der Waals surface area contributed by atoms with E-state index in [9.17, 15) is 20.1 Å². The molecule has 0 saturated carbocycles. The summed E-state index contributed by atoms with van der Waals surface area (Å²) < 4.78 is 40.5. The van der Waals surface area contributed by atoms with Crippen LogP contribution in [0.1, 0.15) is 166 Å². The summed E-state index contributed by atoms with van der Waals surface area (Å²) in [5.41, 5.74) is 1.68. The van der Waals surface area contributed by atoms with Crippen LogP contribution in [-0.2, 0) is 0 Å². The zero-order chi connectivity index (χ0) is 49.1. The van der Waals surface area contributed by atoms with Gasteiger partial charge in [0.15, 0.2) is 23.0 Å². The first-order valence-corrected chi connectivity index (χ1v) is 29.2. The van der Waals surface area contributed by atoms with Crippen LogP contribution in [0.3, 0.4) is 0 Å². The quantitative estimate of drug-likeness (QED) is 0.0448. The number of unbranched alkanes of at least 4 members (excludes halogenated alkanes) is 5. The lowest BCUT2D eigenvalue weighted by molar-refractivity contribution is 0.0795. The van der Waals surface area contributed by atoms with Crippen molar-refractivity contribution in [3.8, 4) is 54.7 Å². The van der Waals surface area contributed by atoms with Gasteiger partial charge in [-0.25, -0.2) is 0 Å². The third-order valence-corrected chi connectivity index (χ3v) is 19.5.